The fourth-order valence-electron chi connectivity index (χ4n) is 5.87. The van der Waals surface area contributed by atoms with Crippen molar-refractivity contribution < 1.29 is 18.9 Å². The van der Waals surface area contributed by atoms with Crippen molar-refractivity contribution in [1.29, 1.82) is 0 Å². The maximum absolute atomic E-state index is 13.6. The van der Waals surface area contributed by atoms with Crippen molar-refractivity contribution in [2.24, 2.45) is 0 Å². The number of hydrogen-bond donors (Lipinski definition) is 1. The monoisotopic (exact) mass is 545 g/mol. The predicted octanol–water partition coefficient (Wildman–Crippen LogP) is 2.34. The second-order valence-corrected chi connectivity index (χ2v) is 10.3. The Kier molecular flexibility index (Phi) is 6.48. The molecule has 1 N–H and O–H groups in total. The molecular weight excluding hydrogens is 514 g/mol. The minimum Gasteiger partial charge on any atom is -0.497 e. The Morgan fingerprint density at radius 2 is 1.88 bits per heavy atom. The number of H-pyrrole nitrogens is 1. The number of pyridine rings is 1. The highest BCUT2D eigenvalue weighted by molar-refractivity contribution is 5.83. The largest absolute Gasteiger partial charge is 0.497 e. The molecule has 2 aromatic carbocycles. The van der Waals surface area contributed by atoms with Crippen LogP contribution in [-0.4, -0.2) is 82.9 Å². The minimum atomic E-state index is -0.437. The average molecular weight is 546 g/mol. The summed E-state index contributed by atoms with van der Waals surface area (Å²) in [6.07, 6.45) is 2.05. The van der Waals surface area contributed by atoms with Crippen molar-refractivity contribution in [2.75, 3.05) is 51.6 Å². The summed E-state index contributed by atoms with van der Waals surface area (Å²) in [5.74, 6) is 2.76. The summed E-state index contributed by atoms with van der Waals surface area (Å²) in [6, 6.07) is 13.3. The van der Waals surface area contributed by atoms with Gasteiger partial charge in [-0.3, -0.25) is 9.69 Å². The topological polar surface area (TPSA) is 120 Å². The van der Waals surface area contributed by atoms with E-state index in [9.17, 15) is 4.79 Å². The predicted molar refractivity (Wildman–Crippen MR) is 146 cm³/mol. The first-order chi connectivity index (χ1) is 19.7. The number of benzene rings is 2. The number of piperazine rings is 1. The van der Waals surface area contributed by atoms with Gasteiger partial charge in [0.15, 0.2) is 17.3 Å². The summed E-state index contributed by atoms with van der Waals surface area (Å²) in [4.78, 5) is 21.3. The molecular formula is C28H31N7O5. The Hall–Kier alpha value is -4.16. The van der Waals surface area contributed by atoms with Crippen LogP contribution in [0.15, 0.2) is 47.3 Å². The molecule has 40 heavy (non-hydrogen) atoms. The molecule has 208 valence electrons. The molecule has 0 aliphatic carbocycles. The van der Waals surface area contributed by atoms with E-state index in [1.54, 1.807) is 11.8 Å². The molecule has 12 nitrogen and oxygen atoms in total. The third-order valence-corrected chi connectivity index (χ3v) is 7.98. The first kappa shape index (κ1) is 24.9. The highest BCUT2D eigenvalue weighted by Crippen LogP contribution is 2.36. The number of aromatic amines is 1. The zero-order chi connectivity index (χ0) is 27.1. The van der Waals surface area contributed by atoms with E-state index in [1.165, 1.54) is 0 Å². The van der Waals surface area contributed by atoms with Gasteiger partial charge in [0, 0.05) is 55.5 Å². The first-order valence-electron chi connectivity index (χ1n) is 13.6. The molecule has 3 aliphatic heterocycles. The van der Waals surface area contributed by atoms with Gasteiger partial charge in [-0.25, -0.2) is 4.68 Å². The number of methoxy groups -OCH3 is 1. The van der Waals surface area contributed by atoms with Crippen LogP contribution in [0.5, 0.6) is 17.2 Å². The van der Waals surface area contributed by atoms with E-state index >= 15 is 0 Å². The number of tetrazole rings is 1. The van der Waals surface area contributed by atoms with Gasteiger partial charge in [-0.15, -0.1) is 5.10 Å². The first-order valence-corrected chi connectivity index (χ1v) is 13.6. The van der Waals surface area contributed by atoms with Crippen molar-refractivity contribution in [3.05, 3.63) is 64.2 Å². The molecule has 0 saturated carbocycles. The van der Waals surface area contributed by atoms with Crippen molar-refractivity contribution in [3.63, 3.8) is 0 Å². The quantitative estimate of drug-likeness (QED) is 0.371. The Morgan fingerprint density at radius 1 is 1.07 bits per heavy atom. The molecule has 3 aliphatic rings. The van der Waals surface area contributed by atoms with E-state index in [2.05, 4.69) is 42.4 Å². The van der Waals surface area contributed by atoms with E-state index < -0.39 is 6.04 Å². The third kappa shape index (κ3) is 4.62. The van der Waals surface area contributed by atoms with Crippen molar-refractivity contribution in [1.82, 2.24) is 30.1 Å². The van der Waals surface area contributed by atoms with Crippen LogP contribution in [0, 0.1) is 0 Å². The van der Waals surface area contributed by atoms with Crippen LogP contribution in [0.4, 0.5) is 5.69 Å². The number of rotatable bonds is 7. The SMILES string of the molecule is COc1ccc(N2CCN([C@@H](c3cc4cc5c(cc4[nH]c3=O)OCO5)c3nnnn3C[C@@H]3CCCO3)CC2)cc1. The number of hydrogen-bond acceptors (Lipinski definition) is 10. The molecule has 2 atom stereocenters. The van der Waals surface area contributed by atoms with Crippen molar-refractivity contribution in [3.8, 4) is 17.2 Å². The Balaban J connectivity index is 1.24. The van der Waals surface area contributed by atoms with E-state index in [0.29, 0.717) is 34.9 Å². The zero-order valence-corrected chi connectivity index (χ0v) is 22.3. The molecule has 0 amide bonds. The highest BCUT2D eigenvalue weighted by atomic mass is 16.7. The van der Waals surface area contributed by atoms with E-state index in [-0.39, 0.29) is 18.5 Å². The van der Waals surface area contributed by atoms with Crippen LogP contribution >= 0.6 is 0 Å². The molecule has 2 aromatic heterocycles. The summed E-state index contributed by atoms with van der Waals surface area (Å²) >= 11 is 0. The van der Waals surface area contributed by atoms with E-state index in [4.69, 9.17) is 18.9 Å². The molecule has 0 bridgehead atoms. The van der Waals surface area contributed by atoms with E-state index in [1.807, 2.05) is 30.3 Å². The lowest BCUT2D eigenvalue weighted by atomic mass is 10.0. The second kappa shape index (κ2) is 10.4. The smallest absolute Gasteiger partial charge is 0.253 e. The van der Waals surface area contributed by atoms with Crippen LogP contribution in [-0.2, 0) is 11.3 Å². The molecule has 2 fully saturated rings. The molecule has 0 unspecified atom stereocenters. The third-order valence-electron chi connectivity index (χ3n) is 7.98. The highest BCUT2D eigenvalue weighted by Gasteiger charge is 2.34. The minimum absolute atomic E-state index is 0.0597. The number of ether oxygens (including phenoxy) is 4. The van der Waals surface area contributed by atoms with Crippen molar-refractivity contribution in [2.45, 2.75) is 31.5 Å². The summed E-state index contributed by atoms with van der Waals surface area (Å²) in [5.41, 5.74) is 2.24. The summed E-state index contributed by atoms with van der Waals surface area (Å²) < 4.78 is 24.1. The lowest BCUT2D eigenvalue weighted by Gasteiger charge is -2.39. The van der Waals surface area contributed by atoms with Crippen LogP contribution < -0.4 is 24.7 Å². The number of nitrogens with zero attached hydrogens (tertiary/aromatic N) is 6. The van der Waals surface area contributed by atoms with Gasteiger partial charge in [-0.1, -0.05) is 0 Å². The lowest BCUT2D eigenvalue weighted by Crippen LogP contribution is -2.49. The standard InChI is InChI=1S/C28H31N7O5/c1-37-20-6-4-19(5-7-20)33-8-10-34(11-9-33)26(27-30-31-32-35(27)16-21-3-2-12-38-21)22-13-18-14-24-25(40-17-39-24)15-23(18)29-28(22)36/h4-7,13-15,21,26H,2-3,8-12,16-17H2,1H3,(H,29,36)/t21-,26-/m0/s1. The molecule has 5 heterocycles. The average Bonchev–Trinajstić information content (AvgIpc) is 3.76. The van der Waals surface area contributed by atoms with Gasteiger partial charge in [-0.05, 0) is 59.7 Å². The number of fused-ring (bicyclic) bond motifs is 2. The Morgan fingerprint density at radius 3 is 2.62 bits per heavy atom. The Labute approximate surface area is 230 Å². The fraction of sp³-hybridized carbons (Fsp3) is 0.429. The van der Waals surface area contributed by atoms with Gasteiger partial charge in [-0.2, -0.15) is 0 Å². The van der Waals surface area contributed by atoms with E-state index in [0.717, 1.165) is 62.5 Å². The lowest BCUT2D eigenvalue weighted by molar-refractivity contribution is 0.0906. The summed E-state index contributed by atoms with van der Waals surface area (Å²) in [7, 11) is 1.67. The zero-order valence-electron chi connectivity index (χ0n) is 22.3. The van der Waals surface area contributed by atoms with Crippen LogP contribution in [0.2, 0.25) is 0 Å². The molecule has 0 radical (unpaired) electrons. The Bertz CT molecular complexity index is 1560. The van der Waals surface area contributed by atoms with Crippen LogP contribution in [0.1, 0.15) is 30.3 Å². The molecule has 12 heteroatoms. The fourth-order valence-corrected chi connectivity index (χ4v) is 5.87. The molecule has 4 aromatic rings. The molecule has 7 rings (SSSR count). The van der Waals surface area contributed by atoms with Gasteiger partial charge in [0.25, 0.3) is 5.56 Å². The van der Waals surface area contributed by atoms with Gasteiger partial charge in [0.2, 0.25) is 6.79 Å². The van der Waals surface area contributed by atoms with Crippen LogP contribution in [0.25, 0.3) is 10.9 Å². The van der Waals surface area contributed by atoms with Gasteiger partial charge < -0.3 is 28.8 Å². The van der Waals surface area contributed by atoms with Crippen LogP contribution in [0.3, 0.4) is 0 Å². The van der Waals surface area contributed by atoms with Crippen molar-refractivity contribution >= 4 is 16.6 Å². The van der Waals surface area contributed by atoms with Gasteiger partial charge >= 0.3 is 0 Å². The molecule has 2 saturated heterocycles. The number of aromatic nitrogens is 5. The maximum Gasteiger partial charge on any atom is 0.253 e. The van der Waals surface area contributed by atoms with Gasteiger partial charge in [0.05, 0.1) is 25.3 Å². The normalized spacial score (nSPS) is 19.8. The summed E-state index contributed by atoms with van der Waals surface area (Å²) in [6.45, 7) is 4.50. The second-order valence-electron chi connectivity index (χ2n) is 10.3. The number of anilines is 1. The number of nitrogens with one attached hydrogen (secondary N) is 1. The van der Waals surface area contributed by atoms with Gasteiger partial charge in [0.1, 0.15) is 11.8 Å². The molecule has 0 spiro atoms. The summed E-state index contributed by atoms with van der Waals surface area (Å²) in [5, 5.41) is 13.7. The maximum atomic E-state index is 13.6.